The number of carbonyl (C=O) groups excluding carboxylic acids is 14. The summed E-state index contributed by atoms with van der Waals surface area (Å²) in [7, 11) is 0. The van der Waals surface area contributed by atoms with Gasteiger partial charge >= 0.3 is 17.9 Å². The summed E-state index contributed by atoms with van der Waals surface area (Å²) in [4.78, 5) is 218. The molecule has 0 saturated carbocycles. The molecule has 0 aromatic heterocycles. The van der Waals surface area contributed by atoms with Gasteiger partial charge in [0.25, 0.3) is 0 Å². The van der Waals surface area contributed by atoms with Crippen LogP contribution in [0.5, 0.6) is 0 Å². The minimum Gasteiger partial charge on any atom is -0.481 e. The number of unbranched alkanes of at least 4 members (excludes halogenated alkanes) is 1. The maximum atomic E-state index is 13.8. The van der Waals surface area contributed by atoms with Crippen molar-refractivity contribution in [2.75, 3.05) is 45.9 Å². The summed E-state index contributed by atoms with van der Waals surface area (Å²) in [5.74, 6) is -19.1. The molecular formula is C58H100N16O22. The van der Waals surface area contributed by atoms with Gasteiger partial charge in [0.15, 0.2) is 0 Å². The fourth-order valence-electron chi connectivity index (χ4n) is 8.55. The lowest BCUT2D eigenvalue weighted by atomic mass is 9.96. The van der Waals surface area contributed by atoms with Gasteiger partial charge in [0.05, 0.1) is 44.9 Å². The van der Waals surface area contributed by atoms with Gasteiger partial charge in [-0.2, -0.15) is 0 Å². The summed E-state index contributed by atoms with van der Waals surface area (Å²) in [5.41, 5.74) is 11.4. The van der Waals surface area contributed by atoms with Crippen molar-refractivity contribution in [3.05, 3.63) is 0 Å². The Morgan fingerprint density at radius 3 is 1.31 bits per heavy atom. The predicted molar refractivity (Wildman–Crippen MR) is 338 cm³/mol. The standard InChI is InChI=1S/C58H100N16O22/c1-11-30(8)47(55(93)64-22-39(78)61-21-38(77)62-25-44(85)86)73-53(91)36(20-27(2)3)67-40(79)23-65-56(94)48(32(10)76)74-54(92)37(26-75)70-57(95)46(29(6)7)72-58(96)45(28(4)5)71-41(80)24-63-49(87)31(9)66-51(89)34(14-12-13-19-59)69-52(90)35(16-18-43(83)84)68-50(88)33(60)15-17-42(81)82/h27-37,45-48,75-76H,11-26,59-60H2,1-10H3,(H,61,78)(H,62,77)(H,63,87)(H,64,93)(H,65,94)(H,66,89)(H,67,79)(H,68,88)(H,69,90)(H,70,95)(H,71,80)(H,72,96)(H,73,91)(H,74,92)(H,81,82)(H,83,84)(H,85,86)/t30-,31-,32+,33-,34-,35-,36-,37-,45-,46-,47-,48-/m0/s1. The van der Waals surface area contributed by atoms with E-state index in [0.29, 0.717) is 12.8 Å². The van der Waals surface area contributed by atoms with Crippen molar-refractivity contribution in [1.29, 1.82) is 0 Å². The lowest BCUT2D eigenvalue weighted by molar-refractivity contribution is -0.139. The van der Waals surface area contributed by atoms with E-state index in [2.05, 4.69) is 69.1 Å². The molecule has 0 fully saturated rings. The first-order valence-electron chi connectivity index (χ1n) is 31.3. The maximum Gasteiger partial charge on any atom is 0.322 e. The van der Waals surface area contributed by atoms with E-state index in [9.17, 15) is 96.8 Å². The highest BCUT2D eigenvalue weighted by molar-refractivity contribution is 5.99. The molecule has 0 radical (unpaired) electrons. The normalized spacial score (nSPS) is 14.8. The molecule has 0 unspecified atom stereocenters. The smallest absolute Gasteiger partial charge is 0.322 e. The number of rotatable bonds is 47. The number of aliphatic hydroxyl groups excluding tert-OH is 2. The van der Waals surface area contributed by atoms with Crippen molar-refractivity contribution in [2.45, 2.75) is 194 Å². The Bertz CT molecular complexity index is 2700. The van der Waals surface area contributed by atoms with E-state index >= 15 is 0 Å². The molecule has 0 bridgehead atoms. The summed E-state index contributed by atoms with van der Waals surface area (Å²) in [6.07, 6.45) is -2.49. The number of aliphatic carboxylic acids is 3. The van der Waals surface area contributed by atoms with Gasteiger partial charge in [-0.05, 0) is 82.6 Å². The largest absolute Gasteiger partial charge is 0.481 e. The van der Waals surface area contributed by atoms with Crippen LogP contribution in [-0.4, -0.2) is 239 Å². The first-order valence-corrected chi connectivity index (χ1v) is 31.3. The maximum absolute atomic E-state index is 13.8. The van der Waals surface area contributed by atoms with Gasteiger partial charge in [0, 0.05) is 12.8 Å². The Balaban J connectivity index is 5.93. The van der Waals surface area contributed by atoms with Gasteiger partial charge in [0.2, 0.25) is 82.7 Å². The van der Waals surface area contributed by atoms with E-state index in [1.807, 2.05) is 5.32 Å². The van der Waals surface area contributed by atoms with Crippen molar-refractivity contribution in [1.82, 2.24) is 74.4 Å². The Morgan fingerprint density at radius 2 is 0.802 bits per heavy atom. The second-order valence-corrected chi connectivity index (χ2v) is 23.8. The molecule has 38 nitrogen and oxygen atoms in total. The van der Waals surface area contributed by atoms with Gasteiger partial charge in [-0.1, -0.05) is 61.8 Å². The molecule has 0 saturated heterocycles. The summed E-state index contributed by atoms with van der Waals surface area (Å²) < 4.78 is 0. The topological polar surface area (TPSA) is 612 Å². The third kappa shape index (κ3) is 34.8. The SMILES string of the molecule is CC[C@H](C)[C@H](NC(=O)[C@H](CC(C)C)NC(=O)CNC(=O)[C@@H](NC(=O)[C@H](CO)NC(=O)[C@@H](NC(=O)[C@@H](NC(=O)CNC(=O)[C@H](C)NC(=O)[C@H](CCCCN)NC(=O)[C@H](CCC(=O)O)NC(=O)[C@@H](N)CCC(=O)O)C(C)C)C(C)C)[C@@H](C)O)C(=O)NCC(=O)NCC(=O)NCC(=O)O. The van der Waals surface area contributed by atoms with Crippen LogP contribution in [0.25, 0.3) is 0 Å². The van der Waals surface area contributed by atoms with E-state index in [4.69, 9.17) is 21.7 Å². The fraction of sp³-hybridized carbons (Fsp3) is 0.707. The highest BCUT2D eigenvalue weighted by atomic mass is 16.4. The van der Waals surface area contributed by atoms with Gasteiger partial charge in [0.1, 0.15) is 60.9 Å². The third-order valence-electron chi connectivity index (χ3n) is 14.3. The molecule has 38 heteroatoms. The first kappa shape index (κ1) is 86.8. The number of aliphatic hydroxyl groups is 2. The Hall–Kier alpha value is -9.17. The van der Waals surface area contributed by atoms with Gasteiger partial charge in [-0.15, -0.1) is 0 Å². The van der Waals surface area contributed by atoms with Crippen molar-refractivity contribution >= 4 is 101 Å². The van der Waals surface area contributed by atoms with E-state index in [0.717, 1.165) is 6.92 Å². The number of amides is 14. The Labute approximate surface area is 555 Å². The average molecular weight is 1370 g/mol. The van der Waals surface area contributed by atoms with E-state index in [-0.39, 0.29) is 38.1 Å². The van der Waals surface area contributed by atoms with Crippen molar-refractivity contribution in [3.8, 4) is 0 Å². The summed E-state index contributed by atoms with van der Waals surface area (Å²) in [6, 6.07) is -14.6. The highest BCUT2D eigenvalue weighted by Gasteiger charge is 2.37. The van der Waals surface area contributed by atoms with Gasteiger partial charge < -0.3 is 111 Å². The number of hydrogen-bond donors (Lipinski definition) is 21. The molecule has 0 aliphatic carbocycles. The number of carbonyl (C=O) groups is 17. The molecule has 0 heterocycles. The van der Waals surface area contributed by atoms with Crippen LogP contribution in [0.3, 0.4) is 0 Å². The summed E-state index contributed by atoms with van der Waals surface area (Å²) in [6.45, 7) is 10.9. The zero-order chi connectivity index (χ0) is 73.7. The van der Waals surface area contributed by atoms with Crippen LogP contribution in [0.4, 0.5) is 0 Å². The zero-order valence-electron chi connectivity index (χ0n) is 55.8. The first-order chi connectivity index (χ1) is 44.8. The van der Waals surface area contributed by atoms with Gasteiger partial charge in [-0.25, -0.2) is 0 Å². The second-order valence-electron chi connectivity index (χ2n) is 23.8. The van der Waals surface area contributed by atoms with Crippen LogP contribution in [0.2, 0.25) is 0 Å². The molecule has 23 N–H and O–H groups in total. The Kier molecular flexibility index (Phi) is 40.9. The minimum absolute atomic E-state index is 0.0269. The summed E-state index contributed by atoms with van der Waals surface area (Å²) >= 11 is 0. The second kappa shape index (κ2) is 45.3. The van der Waals surface area contributed by atoms with Crippen molar-refractivity contribution in [2.24, 2.45) is 35.1 Å². The van der Waals surface area contributed by atoms with Crippen LogP contribution in [0, 0.1) is 23.7 Å². The molecule has 0 aliphatic rings. The monoisotopic (exact) mass is 1370 g/mol. The number of carboxylic acid groups (broad SMARTS) is 3. The highest BCUT2D eigenvalue weighted by Crippen LogP contribution is 2.13. The summed E-state index contributed by atoms with van der Waals surface area (Å²) in [5, 5.41) is 80.5. The lowest BCUT2D eigenvalue weighted by Crippen LogP contribution is -2.62. The molecule has 0 aromatic rings. The van der Waals surface area contributed by atoms with Crippen LogP contribution in [-0.2, 0) is 81.5 Å². The van der Waals surface area contributed by atoms with E-state index in [1.54, 1.807) is 27.7 Å². The molecule has 12 atom stereocenters. The number of nitrogens with one attached hydrogen (secondary N) is 14. The molecule has 96 heavy (non-hydrogen) atoms. The molecule has 0 aromatic carbocycles. The molecule has 0 spiro atoms. The van der Waals surface area contributed by atoms with E-state index in [1.165, 1.54) is 34.6 Å². The van der Waals surface area contributed by atoms with Crippen LogP contribution in [0.15, 0.2) is 0 Å². The zero-order valence-corrected chi connectivity index (χ0v) is 55.8. The van der Waals surface area contributed by atoms with Crippen LogP contribution < -0.4 is 85.9 Å². The van der Waals surface area contributed by atoms with Gasteiger partial charge in [-0.3, -0.25) is 81.5 Å². The van der Waals surface area contributed by atoms with E-state index < -0.39 is 243 Å². The number of carboxylic acids is 3. The van der Waals surface area contributed by atoms with Crippen molar-refractivity contribution < 1.29 is 107 Å². The average Bonchev–Trinajstić information content (AvgIpc) is 0.925. The Morgan fingerprint density at radius 1 is 0.385 bits per heavy atom. The fourth-order valence-corrected chi connectivity index (χ4v) is 8.55. The quantitative estimate of drug-likeness (QED) is 0.0252. The molecule has 0 aliphatic heterocycles. The molecule has 0 rings (SSSR count). The lowest BCUT2D eigenvalue weighted by Gasteiger charge is -2.29. The number of nitrogens with two attached hydrogens (primary N) is 2. The minimum atomic E-state index is -1.82. The third-order valence-corrected chi connectivity index (χ3v) is 14.3. The van der Waals surface area contributed by atoms with Crippen LogP contribution in [0.1, 0.15) is 127 Å². The van der Waals surface area contributed by atoms with Crippen LogP contribution >= 0.6 is 0 Å². The molecular weight excluding hydrogens is 1270 g/mol. The predicted octanol–water partition coefficient (Wildman–Crippen LogP) is -8.00. The van der Waals surface area contributed by atoms with Crippen molar-refractivity contribution in [3.63, 3.8) is 0 Å². The molecule has 544 valence electrons. The number of hydrogen-bond acceptors (Lipinski definition) is 21. The molecule has 14 amide bonds.